The first-order chi connectivity index (χ1) is 8.10. The predicted octanol–water partition coefficient (Wildman–Crippen LogP) is 2.84. The molecule has 1 aliphatic heterocycles. The molecule has 0 bridgehead atoms. The van der Waals surface area contributed by atoms with E-state index in [0.29, 0.717) is 13.2 Å². The summed E-state index contributed by atoms with van der Waals surface area (Å²) >= 11 is 5.60. The van der Waals surface area contributed by atoms with Crippen molar-refractivity contribution in [3.8, 4) is 0 Å². The van der Waals surface area contributed by atoms with Crippen LogP contribution in [0, 0.1) is 4.91 Å². The van der Waals surface area contributed by atoms with Crippen molar-refractivity contribution < 1.29 is 9.09 Å². The SMILES string of the molecule is CCC(C)P1(=O)OCCCN1N(CCCl)N=O. The van der Waals surface area contributed by atoms with Gasteiger partial charge in [0.15, 0.2) is 0 Å². The lowest BCUT2D eigenvalue weighted by Gasteiger charge is -2.40. The molecule has 0 amide bonds. The molecule has 1 rings (SSSR count). The molecule has 0 radical (unpaired) electrons. The monoisotopic (exact) mass is 283 g/mol. The zero-order valence-corrected chi connectivity index (χ0v) is 11.9. The average molecular weight is 284 g/mol. The highest BCUT2D eigenvalue weighted by Crippen LogP contribution is 2.58. The van der Waals surface area contributed by atoms with Crippen molar-refractivity contribution in [1.29, 1.82) is 0 Å². The van der Waals surface area contributed by atoms with Crippen molar-refractivity contribution in [1.82, 2.24) is 9.90 Å². The van der Waals surface area contributed by atoms with Gasteiger partial charge in [-0.05, 0) is 12.8 Å². The zero-order chi connectivity index (χ0) is 12.9. The van der Waals surface area contributed by atoms with Gasteiger partial charge < -0.3 is 4.52 Å². The van der Waals surface area contributed by atoms with E-state index in [-0.39, 0.29) is 18.1 Å². The molecule has 0 saturated carbocycles. The van der Waals surface area contributed by atoms with Crippen LogP contribution >= 0.6 is 19.1 Å². The molecule has 6 nitrogen and oxygen atoms in total. The van der Waals surface area contributed by atoms with Gasteiger partial charge in [0.25, 0.3) is 7.52 Å². The molecular weight excluding hydrogens is 265 g/mol. The van der Waals surface area contributed by atoms with Crippen LogP contribution in [0.15, 0.2) is 5.29 Å². The first kappa shape index (κ1) is 14.9. The van der Waals surface area contributed by atoms with Crippen molar-refractivity contribution in [2.45, 2.75) is 32.3 Å². The van der Waals surface area contributed by atoms with Crippen LogP contribution in [0.5, 0.6) is 0 Å². The average Bonchev–Trinajstić information content (AvgIpc) is 2.36. The van der Waals surface area contributed by atoms with Crippen molar-refractivity contribution in [2.24, 2.45) is 5.29 Å². The Balaban J connectivity index is 2.91. The molecule has 0 aromatic rings. The summed E-state index contributed by atoms with van der Waals surface area (Å²) in [6.45, 7) is 5.04. The summed E-state index contributed by atoms with van der Waals surface area (Å²) in [4.78, 5) is 10.8. The smallest absolute Gasteiger partial charge is 0.293 e. The van der Waals surface area contributed by atoms with Gasteiger partial charge in [0, 0.05) is 18.1 Å². The van der Waals surface area contributed by atoms with Crippen molar-refractivity contribution in [3.63, 3.8) is 0 Å². The first-order valence-corrected chi connectivity index (χ1v) is 7.97. The Morgan fingerprint density at radius 1 is 1.65 bits per heavy atom. The number of alkyl halides is 1. The lowest BCUT2D eigenvalue weighted by molar-refractivity contribution is 0.0208. The van der Waals surface area contributed by atoms with Crippen LogP contribution in [-0.4, -0.2) is 41.1 Å². The van der Waals surface area contributed by atoms with Gasteiger partial charge in [-0.15, -0.1) is 21.3 Å². The van der Waals surface area contributed by atoms with Crippen molar-refractivity contribution >= 4 is 19.1 Å². The van der Waals surface area contributed by atoms with Crippen LogP contribution in [0.2, 0.25) is 0 Å². The van der Waals surface area contributed by atoms with Gasteiger partial charge in [-0.1, -0.05) is 13.8 Å². The number of hydrogen-bond acceptors (Lipinski definition) is 4. The topological polar surface area (TPSA) is 62.2 Å². The van der Waals surface area contributed by atoms with E-state index in [9.17, 15) is 9.47 Å². The molecule has 0 spiro atoms. The molecule has 2 atom stereocenters. The Bertz CT molecular complexity index is 305. The number of nitroso groups, excluding NO2 is 1. The van der Waals surface area contributed by atoms with E-state index in [1.807, 2.05) is 13.8 Å². The minimum atomic E-state index is -3.01. The Morgan fingerprint density at radius 2 is 2.35 bits per heavy atom. The Labute approximate surface area is 107 Å². The molecule has 0 aromatic carbocycles. The summed E-state index contributed by atoms with van der Waals surface area (Å²) in [5.74, 6) is 0.253. The summed E-state index contributed by atoms with van der Waals surface area (Å²) in [5, 5.41) is 4.02. The van der Waals surface area contributed by atoms with E-state index in [1.54, 1.807) is 0 Å². The summed E-state index contributed by atoms with van der Waals surface area (Å²) in [6.07, 6.45) is 1.45. The third-order valence-electron chi connectivity index (χ3n) is 2.89. The molecule has 100 valence electrons. The maximum atomic E-state index is 12.8. The number of halogens is 1. The lowest BCUT2D eigenvalue weighted by atomic mass is 10.4. The Morgan fingerprint density at radius 3 is 2.88 bits per heavy atom. The number of hydrogen-bond donors (Lipinski definition) is 0. The summed E-state index contributed by atoms with van der Waals surface area (Å²) in [5.41, 5.74) is -0.123. The minimum absolute atomic E-state index is 0.123. The molecule has 17 heavy (non-hydrogen) atoms. The molecule has 1 fully saturated rings. The van der Waals surface area contributed by atoms with Gasteiger partial charge in [-0.25, -0.2) is 0 Å². The molecule has 8 heteroatoms. The normalized spacial score (nSPS) is 27.7. The standard InChI is InChI=1S/C9H19ClN3O3P/c1-3-9(2)17(15)13(6-4-8-16-17)12(11-14)7-5-10/h9H,3-8H2,1-2H3. The second-order valence-electron chi connectivity index (χ2n) is 3.97. The molecule has 1 saturated heterocycles. The second-order valence-corrected chi connectivity index (χ2v) is 7.08. The van der Waals surface area contributed by atoms with Gasteiger partial charge in [-0.3, -0.25) is 4.57 Å². The van der Waals surface area contributed by atoms with E-state index in [4.69, 9.17) is 16.1 Å². The van der Waals surface area contributed by atoms with Crippen molar-refractivity contribution in [3.05, 3.63) is 4.91 Å². The second kappa shape index (κ2) is 6.69. The summed E-state index contributed by atoms with van der Waals surface area (Å²) in [6, 6.07) is 0. The van der Waals surface area contributed by atoms with E-state index < -0.39 is 7.52 Å². The van der Waals surface area contributed by atoms with Gasteiger partial charge >= 0.3 is 0 Å². The molecule has 2 unspecified atom stereocenters. The van der Waals surface area contributed by atoms with Gasteiger partial charge in [0.1, 0.15) is 0 Å². The maximum Gasteiger partial charge on any atom is 0.293 e. The van der Waals surface area contributed by atoms with Crippen LogP contribution in [0.3, 0.4) is 0 Å². The molecule has 1 heterocycles. The van der Waals surface area contributed by atoms with Gasteiger partial charge in [-0.2, -0.15) is 5.12 Å². The fourth-order valence-electron chi connectivity index (χ4n) is 1.73. The van der Waals surface area contributed by atoms with Crippen molar-refractivity contribution in [2.75, 3.05) is 25.6 Å². The predicted molar refractivity (Wildman–Crippen MR) is 67.9 cm³/mol. The van der Waals surface area contributed by atoms with E-state index in [2.05, 4.69) is 5.29 Å². The fourth-order valence-corrected chi connectivity index (χ4v) is 4.40. The quantitative estimate of drug-likeness (QED) is 0.325. The van der Waals surface area contributed by atoms with E-state index >= 15 is 0 Å². The van der Waals surface area contributed by atoms with Crippen LogP contribution < -0.4 is 0 Å². The third-order valence-corrected chi connectivity index (χ3v) is 6.14. The highest BCUT2D eigenvalue weighted by Gasteiger charge is 2.42. The van der Waals surface area contributed by atoms with Crippen LogP contribution in [-0.2, 0) is 9.09 Å². The zero-order valence-electron chi connectivity index (χ0n) is 10.2. The summed E-state index contributed by atoms with van der Waals surface area (Å²) in [7, 11) is -3.01. The molecule has 0 N–H and O–H groups in total. The molecular formula is C9H19ClN3O3P. The van der Waals surface area contributed by atoms with Gasteiger partial charge in [0.2, 0.25) is 0 Å². The molecule has 1 aliphatic rings. The lowest BCUT2D eigenvalue weighted by Crippen LogP contribution is -2.43. The van der Waals surface area contributed by atoms with E-state index in [1.165, 1.54) is 4.78 Å². The largest absolute Gasteiger partial charge is 0.316 e. The fraction of sp³-hybridized carbons (Fsp3) is 1.00. The van der Waals surface area contributed by atoms with Crippen LogP contribution in [0.4, 0.5) is 0 Å². The molecule has 0 aliphatic carbocycles. The van der Waals surface area contributed by atoms with E-state index in [0.717, 1.165) is 18.0 Å². The molecule has 0 aromatic heterocycles. The number of nitrogens with zero attached hydrogens (tertiary/aromatic N) is 3. The maximum absolute atomic E-state index is 12.8. The van der Waals surface area contributed by atoms with Crippen LogP contribution in [0.25, 0.3) is 0 Å². The Hall–Kier alpha value is -0.160. The number of rotatable bonds is 6. The Kier molecular flexibility index (Phi) is 5.86. The highest BCUT2D eigenvalue weighted by molar-refractivity contribution is 7.57. The van der Waals surface area contributed by atoms with Gasteiger partial charge in [0.05, 0.1) is 18.4 Å². The third kappa shape index (κ3) is 3.19. The number of hydrazine groups is 1. The van der Waals surface area contributed by atoms with Crippen LogP contribution in [0.1, 0.15) is 26.7 Å². The minimum Gasteiger partial charge on any atom is -0.316 e. The summed E-state index contributed by atoms with van der Waals surface area (Å²) < 4.78 is 19.7. The first-order valence-electron chi connectivity index (χ1n) is 5.79. The highest BCUT2D eigenvalue weighted by atomic mass is 35.5.